The fraction of sp³-hybridized carbons (Fsp3) is 0.211. The zero-order chi connectivity index (χ0) is 15.2. The molecular formula is C19H20O2. The van der Waals surface area contributed by atoms with E-state index in [1.165, 1.54) is 5.56 Å². The summed E-state index contributed by atoms with van der Waals surface area (Å²) in [7, 11) is 1.61. The third-order valence-corrected chi connectivity index (χ3v) is 3.40. The Morgan fingerprint density at radius 1 is 1.00 bits per heavy atom. The topological polar surface area (TPSA) is 26.3 Å². The molecule has 0 aliphatic rings. The van der Waals surface area contributed by atoms with Crippen molar-refractivity contribution >= 4 is 11.9 Å². The number of rotatable bonds is 5. The third kappa shape index (κ3) is 4.06. The summed E-state index contributed by atoms with van der Waals surface area (Å²) in [6, 6.07) is 15.4. The number of ether oxygens (including phenoxy) is 1. The molecule has 0 amide bonds. The molecule has 2 rings (SSSR count). The molecule has 0 spiro atoms. The van der Waals surface area contributed by atoms with Gasteiger partial charge >= 0.3 is 0 Å². The van der Waals surface area contributed by atoms with E-state index < -0.39 is 0 Å². The van der Waals surface area contributed by atoms with Crippen molar-refractivity contribution in [2.75, 3.05) is 7.11 Å². The van der Waals surface area contributed by atoms with Gasteiger partial charge < -0.3 is 4.74 Å². The van der Waals surface area contributed by atoms with Crippen LogP contribution in [0.2, 0.25) is 0 Å². The maximum absolute atomic E-state index is 12.1. The Morgan fingerprint density at radius 2 is 1.62 bits per heavy atom. The van der Waals surface area contributed by atoms with Gasteiger partial charge in [0.05, 0.1) is 7.11 Å². The van der Waals surface area contributed by atoms with Gasteiger partial charge in [0, 0.05) is 5.56 Å². The molecule has 0 bridgehead atoms. The molecule has 0 aromatic heterocycles. The molecule has 21 heavy (non-hydrogen) atoms. The number of ketones is 1. The van der Waals surface area contributed by atoms with Crippen molar-refractivity contribution in [3.8, 4) is 5.75 Å². The number of hydrogen-bond acceptors (Lipinski definition) is 2. The van der Waals surface area contributed by atoms with Gasteiger partial charge in [0.2, 0.25) is 0 Å². The van der Waals surface area contributed by atoms with Gasteiger partial charge in [-0.1, -0.05) is 44.2 Å². The second-order valence-electron chi connectivity index (χ2n) is 5.25. The number of carbonyl (C=O) groups is 1. The highest BCUT2D eigenvalue weighted by Crippen LogP contribution is 2.16. The Kier molecular flexibility index (Phi) is 4.94. The minimum Gasteiger partial charge on any atom is -0.497 e. The number of allylic oxidation sites excluding steroid dienone is 1. The van der Waals surface area contributed by atoms with Crippen molar-refractivity contribution in [1.29, 1.82) is 0 Å². The molecule has 2 nitrogen and oxygen atoms in total. The molecule has 0 saturated heterocycles. The van der Waals surface area contributed by atoms with Gasteiger partial charge in [0.1, 0.15) is 5.75 Å². The van der Waals surface area contributed by atoms with E-state index in [0.29, 0.717) is 11.5 Å². The number of hydrogen-bond donors (Lipinski definition) is 0. The molecule has 0 radical (unpaired) electrons. The minimum atomic E-state index is -0.00871. The highest BCUT2D eigenvalue weighted by molar-refractivity contribution is 6.06. The normalized spacial score (nSPS) is 11.0. The molecule has 2 aromatic rings. The Balaban J connectivity index is 2.07. The number of benzene rings is 2. The van der Waals surface area contributed by atoms with Crippen molar-refractivity contribution in [3.63, 3.8) is 0 Å². The van der Waals surface area contributed by atoms with Gasteiger partial charge in [0.25, 0.3) is 0 Å². The van der Waals surface area contributed by atoms with E-state index in [1.807, 2.05) is 18.2 Å². The molecule has 0 fully saturated rings. The first-order chi connectivity index (χ1) is 10.1. The van der Waals surface area contributed by atoms with Crippen LogP contribution in [0, 0.1) is 0 Å². The minimum absolute atomic E-state index is 0.00871. The molecule has 0 saturated carbocycles. The first-order valence-corrected chi connectivity index (χ1v) is 7.06. The summed E-state index contributed by atoms with van der Waals surface area (Å²) in [5.74, 6) is 1.26. The fourth-order valence-electron chi connectivity index (χ4n) is 2.02. The third-order valence-electron chi connectivity index (χ3n) is 3.40. The first-order valence-electron chi connectivity index (χ1n) is 7.06. The summed E-state index contributed by atoms with van der Waals surface area (Å²) in [4.78, 5) is 12.1. The molecule has 2 heteroatoms. The quantitative estimate of drug-likeness (QED) is 0.585. The van der Waals surface area contributed by atoms with E-state index in [9.17, 15) is 4.79 Å². The van der Waals surface area contributed by atoms with E-state index in [1.54, 1.807) is 37.5 Å². The van der Waals surface area contributed by atoms with E-state index in [2.05, 4.69) is 26.0 Å². The van der Waals surface area contributed by atoms with Gasteiger partial charge in [-0.2, -0.15) is 0 Å². The Hall–Kier alpha value is -2.35. The van der Waals surface area contributed by atoms with Gasteiger partial charge in [-0.15, -0.1) is 0 Å². The van der Waals surface area contributed by atoms with Crippen LogP contribution in [0.1, 0.15) is 41.3 Å². The average Bonchev–Trinajstić information content (AvgIpc) is 2.53. The van der Waals surface area contributed by atoms with Crippen molar-refractivity contribution in [1.82, 2.24) is 0 Å². The predicted molar refractivity (Wildman–Crippen MR) is 86.9 cm³/mol. The van der Waals surface area contributed by atoms with Gasteiger partial charge in [0.15, 0.2) is 5.78 Å². The second-order valence-corrected chi connectivity index (χ2v) is 5.25. The van der Waals surface area contributed by atoms with Crippen molar-refractivity contribution in [2.24, 2.45) is 0 Å². The van der Waals surface area contributed by atoms with Crippen molar-refractivity contribution < 1.29 is 9.53 Å². The van der Waals surface area contributed by atoms with Gasteiger partial charge in [-0.05, 0) is 47.4 Å². The lowest BCUT2D eigenvalue weighted by Crippen LogP contribution is -1.94. The molecule has 0 N–H and O–H groups in total. The molecule has 0 aliphatic carbocycles. The van der Waals surface area contributed by atoms with E-state index in [0.717, 1.165) is 11.3 Å². The summed E-state index contributed by atoms with van der Waals surface area (Å²) in [5.41, 5.74) is 2.99. The summed E-state index contributed by atoms with van der Waals surface area (Å²) in [6.45, 7) is 4.33. The monoisotopic (exact) mass is 280 g/mol. The first kappa shape index (κ1) is 15.0. The zero-order valence-electron chi connectivity index (χ0n) is 12.7. The van der Waals surface area contributed by atoms with Crippen LogP contribution in [-0.4, -0.2) is 12.9 Å². The van der Waals surface area contributed by atoms with Crippen LogP contribution in [-0.2, 0) is 0 Å². The van der Waals surface area contributed by atoms with Crippen LogP contribution in [0.15, 0.2) is 54.6 Å². The largest absolute Gasteiger partial charge is 0.497 e. The van der Waals surface area contributed by atoms with E-state index in [4.69, 9.17) is 4.74 Å². The maximum atomic E-state index is 12.1. The van der Waals surface area contributed by atoms with Crippen LogP contribution in [0.4, 0.5) is 0 Å². The smallest absolute Gasteiger partial charge is 0.185 e. The highest BCUT2D eigenvalue weighted by Gasteiger charge is 2.02. The highest BCUT2D eigenvalue weighted by atomic mass is 16.5. The van der Waals surface area contributed by atoms with Crippen molar-refractivity contribution in [3.05, 3.63) is 71.3 Å². The second kappa shape index (κ2) is 6.89. The summed E-state index contributed by atoms with van der Waals surface area (Å²) >= 11 is 0. The molecule has 0 heterocycles. The predicted octanol–water partition coefficient (Wildman–Crippen LogP) is 4.71. The Bertz CT molecular complexity index is 620. The number of carbonyl (C=O) groups excluding carboxylic acids is 1. The maximum Gasteiger partial charge on any atom is 0.185 e. The zero-order valence-corrected chi connectivity index (χ0v) is 12.7. The van der Waals surface area contributed by atoms with Gasteiger partial charge in [-0.3, -0.25) is 4.79 Å². The summed E-state index contributed by atoms with van der Waals surface area (Å²) in [5, 5.41) is 0. The lowest BCUT2D eigenvalue weighted by molar-refractivity contribution is 0.104. The molecule has 0 aliphatic heterocycles. The fourth-order valence-corrected chi connectivity index (χ4v) is 2.02. The lowest BCUT2D eigenvalue weighted by atomic mass is 10.0. The van der Waals surface area contributed by atoms with Crippen LogP contribution in [0.25, 0.3) is 6.08 Å². The molecule has 2 aromatic carbocycles. The summed E-state index contributed by atoms with van der Waals surface area (Å²) in [6.07, 6.45) is 3.45. The average molecular weight is 280 g/mol. The van der Waals surface area contributed by atoms with Crippen molar-refractivity contribution in [2.45, 2.75) is 19.8 Å². The standard InChI is InChI=1S/C19H20O2/c1-14(2)16-7-4-15(5-8-16)6-13-19(20)17-9-11-18(21-3)12-10-17/h4-14H,1-3H3. The number of methoxy groups -OCH3 is 1. The van der Waals surface area contributed by atoms with Crippen LogP contribution in [0.3, 0.4) is 0 Å². The SMILES string of the molecule is COc1ccc(C(=O)C=Cc2ccc(C(C)C)cc2)cc1. The lowest BCUT2D eigenvalue weighted by Gasteiger charge is -2.04. The molecule has 108 valence electrons. The van der Waals surface area contributed by atoms with Gasteiger partial charge in [-0.25, -0.2) is 0 Å². The Labute approximate surface area is 126 Å². The Morgan fingerprint density at radius 3 is 2.14 bits per heavy atom. The van der Waals surface area contributed by atoms with Crippen LogP contribution in [0.5, 0.6) is 5.75 Å². The van der Waals surface area contributed by atoms with Crippen LogP contribution < -0.4 is 4.74 Å². The van der Waals surface area contributed by atoms with E-state index >= 15 is 0 Å². The molecular weight excluding hydrogens is 260 g/mol. The summed E-state index contributed by atoms with van der Waals surface area (Å²) < 4.78 is 5.08. The molecule has 0 atom stereocenters. The molecule has 0 unspecified atom stereocenters. The van der Waals surface area contributed by atoms with E-state index in [-0.39, 0.29) is 5.78 Å². The van der Waals surface area contributed by atoms with Crippen LogP contribution >= 0.6 is 0 Å².